The normalized spacial score (nSPS) is 53.9. The van der Waals surface area contributed by atoms with Crippen LogP contribution in [0.4, 0.5) is 0 Å². The summed E-state index contributed by atoms with van der Waals surface area (Å²) in [7, 11) is 0. The molecule has 6 heteroatoms. The summed E-state index contributed by atoms with van der Waals surface area (Å²) in [6.07, 6.45) is 7.48. The SMILES string of the molecule is C[C@]12CCC(=O)C=C1CC[C@@H]1[C@H]2C(=O)C[C@@]2(C)[C@@H]1CC[C@@]21OCO[C@]12COCO2. The highest BCUT2D eigenvalue weighted by Crippen LogP contribution is 2.70. The second-order valence-corrected chi connectivity index (χ2v) is 10.5. The van der Waals surface area contributed by atoms with Gasteiger partial charge in [0.05, 0.1) is 0 Å². The lowest BCUT2D eigenvalue weighted by Crippen LogP contribution is -2.65. The van der Waals surface area contributed by atoms with E-state index in [0.717, 1.165) is 32.1 Å². The first-order valence-corrected chi connectivity index (χ1v) is 11.1. The average molecular weight is 402 g/mol. The Kier molecular flexibility index (Phi) is 3.72. The van der Waals surface area contributed by atoms with E-state index in [1.165, 1.54) is 5.57 Å². The number of Topliss-reactive ketones (excluding diaryl/α,β-unsaturated/α-hetero) is 1. The summed E-state index contributed by atoms with van der Waals surface area (Å²) in [4.78, 5) is 25.8. The molecule has 2 aliphatic heterocycles. The highest BCUT2D eigenvalue weighted by molar-refractivity contribution is 5.93. The zero-order valence-electron chi connectivity index (χ0n) is 17.3. The van der Waals surface area contributed by atoms with E-state index < -0.39 is 11.4 Å². The van der Waals surface area contributed by atoms with E-state index in [4.69, 9.17) is 18.9 Å². The third-order valence-electron chi connectivity index (χ3n) is 9.65. The molecule has 0 unspecified atom stereocenters. The molecule has 5 fully saturated rings. The first-order chi connectivity index (χ1) is 13.9. The largest absolute Gasteiger partial charge is 0.350 e. The molecule has 0 aromatic carbocycles. The monoisotopic (exact) mass is 402 g/mol. The number of carbonyl (C=O) groups excluding carboxylic acids is 2. The van der Waals surface area contributed by atoms with Crippen LogP contribution in [0.5, 0.6) is 0 Å². The quantitative estimate of drug-likeness (QED) is 0.620. The van der Waals surface area contributed by atoms with Crippen molar-refractivity contribution in [2.75, 3.05) is 20.2 Å². The summed E-state index contributed by atoms with van der Waals surface area (Å²) in [5.74, 6) is 0.416. The Bertz CT molecular complexity index is 807. The molecule has 2 heterocycles. The summed E-state index contributed by atoms with van der Waals surface area (Å²) in [5, 5.41) is 0. The van der Waals surface area contributed by atoms with Crippen LogP contribution in [-0.4, -0.2) is 43.1 Å². The second-order valence-electron chi connectivity index (χ2n) is 10.5. The molecule has 29 heavy (non-hydrogen) atoms. The molecule has 0 aromatic heterocycles. The number of rotatable bonds is 0. The predicted molar refractivity (Wildman–Crippen MR) is 102 cm³/mol. The molecule has 3 saturated carbocycles. The van der Waals surface area contributed by atoms with Crippen LogP contribution < -0.4 is 0 Å². The average Bonchev–Trinajstić information content (AvgIpc) is 3.37. The molecule has 0 bridgehead atoms. The molecule has 7 atom stereocenters. The van der Waals surface area contributed by atoms with Crippen molar-refractivity contribution in [2.24, 2.45) is 28.6 Å². The van der Waals surface area contributed by atoms with Crippen molar-refractivity contribution in [2.45, 2.75) is 70.2 Å². The van der Waals surface area contributed by atoms with Crippen molar-refractivity contribution in [3.05, 3.63) is 11.6 Å². The van der Waals surface area contributed by atoms with Crippen LogP contribution in [0.1, 0.15) is 58.8 Å². The van der Waals surface area contributed by atoms with Crippen molar-refractivity contribution >= 4 is 11.6 Å². The van der Waals surface area contributed by atoms with Crippen LogP contribution in [-0.2, 0) is 28.5 Å². The smallest absolute Gasteiger partial charge is 0.226 e. The van der Waals surface area contributed by atoms with Crippen molar-refractivity contribution < 1.29 is 28.5 Å². The van der Waals surface area contributed by atoms with E-state index in [9.17, 15) is 9.59 Å². The van der Waals surface area contributed by atoms with Crippen LogP contribution in [0.3, 0.4) is 0 Å². The van der Waals surface area contributed by atoms with E-state index in [0.29, 0.717) is 37.1 Å². The topological polar surface area (TPSA) is 71.1 Å². The van der Waals surface area contributed by atoms with Gasteiger partial charge in [-0.15, -0.1) is 0 Å². The first-order valence-electron chi connectivity index (χ1n) is 11.1. The van der Waals surface area contributed by atoms with Crippen LogP contribution in [0.15, 0.2) is 11.6 Å². The van der Waals surface area contributed by atoms with Gasteiger partial charge in [0, 0.05) is 24.2 Å². The standard InChI is InChI=1S/C23H30O6/c1-20-7-5-15(24)9-14(20)3-4-16-17-6-8-22(21(17,2)10-18(25)19(16)20)23(29-13-27-22)11-26-12-28-23/h9,16-17,19H,3-8,10-13H2,1-2H3/t16-,17+,19-,20-,21-,22+,23+/m0/s1. The van der Waals surface area contributed by atoms with Gasteiger partial charge < -0.3 is 18.9 Å². The molecule has 158 valence electrons. The third-order valence-corrected chi connectivity index (χ3v) is 9.65. The Balaban J connectivity index is 1.42. The lowest BCUT2D eigenvalue weighted by molar-refractivity contribution is -0.246. The first kappa shape index (κ1) is 18.7. The number of carbonyl (C=O) groups is 2. The number of fused-ring (bicyclic) bond motifs is 7. The molecule has 0 amide bonds. The van der Waals surface area contributed by atoms with Crippen molar-refractivity contribution in [3.63, 3.8) is 0 Å². The Hall–Kier alpha value is -1.08. The number of hydrogen-bond donors (Lipinski definition) is 0. The summed E-state index contributed by atoms with van der Waals surface area (Å²) in [6.45, 7) is 5.24. The van der Waals surface area contributed by atoms with E-state index in [2.05, 4.69) is 13.8 Å². The minimum Gasteiger partial charge on any atom is -0.350 e. The molecular weight excluding hydrogens is 372 g/mol. The number of allylic oxidation sites excluding steroid dienone is 1. The summed E-state index contributed by atoms with van der Waals surface area (Å²) < 4.78 is 24.0. The summed E-state index contributed by atoms with van der Waals surface area (Å²) >= 11 is 0. The number of hydrogen-bond acceptors (Lipinski definition) is 6. The van der Waals surface area contributed by atoms with Crippen molar-refractivity contribution in [3.8, 4) is 0 Å². The molecule has 2 saturated heterocycles. The van der Waals surface area contributed by atoms with Crippen molar-refractivity contribution in [1.82, 2.24) is 0 Å². The molecular formula is C23H30O6. The highest BCUT2D eigenvalue weighted by Gasteiger charge is 2.76. The molecule has 0 N–H and O–H groups in total. The van der Waals surface area contributed by atoms with Crippen LogP contribution in [0, 0.1) is 28.6 Å². The van der Waals surface area contributed by atoms with Crippen LogP contribution in [0.25, 0.3) is 0 Å². The van der Waals surface area contributed by atoms with Crippen LogP contribution in [0.2, 0.25) is 0 Å². The van der Waals surface area contributed by atoms with Gasteiger partial charge in [-0.3, -0.25) is 9.59 Å². The molecule has 6 nitrogen and oxygen atoms in total. The predicted octanol–water partition coefficient (Wildman–Crippen LogP) is 3.14. The Labute approximate surface area is 171 Å². The Morgan fingerprint density at radius 3 is 2.62 bits per heavy atom. The minimum atomic E-state index is -0.884. The van der Waals surface area contributed by atoms with Crippen molar-refractivity contribution in [1.29, 1.82) is 0 Å². The molecule has 4 aliphatic carbocycles. The lowest BCUT2D eigenvalue weighted by Gasteiger charge is -2.59. The maximum Gasteiger partial charge on any atom is 0.226 e. The lowest BCUT2D eigenvalue weighted by atomic mass is 9.45. The third kappa shape index (κ3) is 2.07. The maximum absolute atomic E-state index is 13.8. The van der Waals surface area contributed by atoms with Gasteiger partial charge in [-0.1, -0.05) is 19.4 Å². The Morgan fingerprint density at radius 1 is 1.00 bits per heavy atom. The summed E-state index contributed by atoms with van der Waals surface area (Å²) in [5.41, 5.74) is 0.103. The fourth-order valence-electron chi connectivity index (χ4n) is 8.36. The zero-order chi connectivity index (χ0) is 20.1. The fourth-order valence-corrected chi connectivity index (χ4v) is 8.36. The molecule has 6 aliphatic rings. The maximum atomic E-state index is 13.8. The van der Waals surface area contributed by atoms with Gasteiger partial charge in [0.2, 0.25) is 5.79 Å². The molecule has 2 spiro atoms. The summed E-state index contributed by atoms with van der Waals surface area (Å²) in [6, 6.07) is 0. The van der Waals surface area contributed by atoms with Gasteiger partial charge in [0.15, 0.2) is 19.4 Å². The number of ketones is 2. The Morgan fingerprint density at radius 2 is 1.83 bits per heavy atom. The number of ether oxygens (including phenoxy) is 4. The molecule has 6 rings (SSSR count). The van der Waals surface area contributed by atoms with Gasteiger partial charge in [0.25, 0.3) is 0 Å². The van der Waals surface area contributed by atoms with Crippen LogP contribution >= 0.6 is 0 Å². The highest BCUT2D eigenvalue weighted by atomic mass is 16.9. The van der Waals surface area contributed by atoms with Gasteiger partial charge >= 0.3 is 0 Å². The minimum absolute atomic E-state index is 0.0165. The molecule has 0 radical (unpaired) electrons. The van der Waals surface area contributed by atoms with Gasteiger partial charge in [0.1, 0.15) is 18.0 Å². The molecule has 0 aromatic rings. The zero-order valence-corrected chi connectivity index (χ0v) is 17.3. The fraction of sp³-hybridized carbons (Fsp3) is 0.826. The van der Waals surface area contributed by atoms with Gasteiger partial charge in [-0.25, -0.2) is 0 Å². The van der Waals surface area contributed by atoms with E-state index in [1.54, 1.807) is 0 Å². The van der Waals surface area contributed by atoms with Gasteiger partial charge in [-0.2, -0.15) is 0 Å². The van der Waals surface area contributed by atoms with E-state index >= 15 is 0 Å². The van der Waals surface area contributed by atoms with E-state index in [-0.39, 0.29) is 36.1 Å². The van der Waals surface area contributed by atoms with E-state index in [1.807, 2.05) is 6.08 Å². The second kappa shape index (κ2) is 5.78. The van der Waals surface area contributed by atoms with Gasteiger partial charge in [-0.05, 0) is 55.4 Å².